The van der Waals surface area contributed by atoms with E-state index in [1.807, 2.05) is 6.07 Å². The number of benzene rings is 1. The number of fused-ring (bicyclic) bond motifs is 1. The molecule has 1 aliphatic rings. The lowest BCUT2D eigenvalue weighted by molar-refractivity contribution is 0.394. The lowest BCUT2D eigenvalue weighted by Gasteiger charge is -2.11. The van der Waals surface area contributed by atoms with Crippen LogP contribution in [0.5, 0.6) is 0 Å². The molecule has 2 aromatic heterocycles. The molecule has 1 N–H and O–H groups in total. The summed E-state index contributed by atoms with van der Waals surface area (Å²) < 4.78 is 32.8. The number of nitriles is 1. The minimum Gasteiger partial charge on any atom is -0.339 e. The van der Waals surface area contributed by atoms with Crippen molar-refractivity contribution in [3.63, 3.8) is 0 Å². The molecule has 0 spiro atoms. The molecule has 0 radical (unpaired) electrons. The molecule has 132 valence electrons. The van der Waals surface area contributed by atoms with Gasteiger partial charge in [0.25, 0.3) is 0 Å². The number of nitrogens with zero attached hydrogens (tertiary/aromatic N) is 5. The monoisotopic (exact) mass is 370 g/mol. The van der Waals surface area contributed by atoms with Crippen LogP contribution in [0.15, 0.2) is 27.6 Å². The van der Waals surface area contributed by atoms with Crippen LogP contribution in [0, 0.1) is 25.2 Å². The summed E-state index contributed by atoms with van der Waals surface area (Å²) in [5.74, 6) is 1.14. The molecule has 9 nitrogen and oxygen atoms in total. The molecular formula is C16H14N6O3S. The van der Waals surface area contributed by atoms with Gasteiger partial charge in [0.05, 0.1) is 16.5 Å². The molecule has 4 rings (SSSR count). The fraction of sp³-hybridized carbons (Fsp3) is 0.312. The molecule has 0 unspecified atom stereocenters. The van der Waals surface area contributed by atoms with Gasteiger partial charge in [-0.1, -0.05) is 5.16 Å². The molecule has 0 bridgehead atoms. The number of aromatic nitrogens is 4. The van der Waals surface area contributed by atoms with E-state index < -0.39 is 15.6 Å². The first-order valence-corrected chi connectivity index (χ1v) is 9.35. The Morgan fingerprint density at radius 2 is 2.00 bits per heavy atom. The maximum atomic E-state index is 12.7. The van der Waals surface area contributed by atoms with Crippen LogP contribution in [0.4, 0.5) is 0 Å². The molecule has 2 heterocycles. The van der Waals surface area contributed by atoms with Gasteiger partial charge >= 0.3 is 0 Å². The fourth-order valence-corrected chi connectivity index (χ4v) is 4.04. The Bertz CT molecular complexity index is 1170. The summed E-state index contributed by atoms with van der Waals surface area (Å²) in [6.07, 6.45) is 1.01. The second-order valence-corrected chi connectivity index (χ2v) is 7.92. The van der Waals surface area contributed by atoms with Crippen LogP contribution in [0.1, 0.15) is 24.6 Å². The SMILES string of the molecule is Cc1nc(-c2noc(C)n2)c2cc(S(=O)(=O)NC3(C#N)CC3)ccc2n1. The largest absolute Gasteiger partial charge is 0.339 e. The highest BCUT2D eigenvalue weighted by molar-refractivity contribution is 7.89. The maximum Gasteiger partial charge on any atom is 0.241 e. The van der Waals surface area contributed by atoms with E-state index in [1.165, 1.54) is 12.1 Å². The zero-order chi connectivity index (χ0) is 18.5. The Labute approximate surface area is 149 Å². The van der Waals surface area contributed by atoms with Crippen molar-refractivity contribution in [1.29, 1.82) is 5.26 Å². The van der Waals surface area contributed by atoms with Gasteiger partial charge < -0.3 is 4.52 Å². The van der Waals surface area contributed by atoms with E-state index in [1.54, 1.807) is 19.9 Å². The van der Waals surface area contributed by atoms with Crippen molar-refractivity contribution < 1.29 is 12.9 Å². The number of nitrogens with one attached hydrogen (secondary N) is 1. The average Bonchev–Trinajstić information content (AvgIpc) is 3.23. The summed E-state index contributed by atoms with van der Waals surface area (Å²) in [7, 11) is -3.86. The van der Waals surface area contributed by atoms with E-state index in [0.717, 1.165) is 0 Å². The quantitative estimate of drug-likeness (QED) is 0.732. The smallest absolute Gasteiger partial charge is 0.241 e. The van der Waals surface area contributed by atoms with Gasteiger partial charge in [0.1, 0.15) is 17.1 Å². The van der Waals surface area contributed by atoms with Gasteiger partial charge in [0.15, 0.2) is 0 Å². The Morgan fingerprint density at radius 3 is 2.62 bits per heavy atom. The van der Waals surface area contributed by atoms with Crippen molar-refractivity contribution >= 4 is 20.9 Å². The minimum atomic E-state index is -3.86. The number of hydrogen-bond donors (Lipinski definition) is 1. The topological polar surface area (TPSA) is 135 Å². The van der Waals surface area contributed by atoms with Gasteiger partial charge in [-0.3, -0.25) is 0 Å². The highest BCUT2D eigenvalue weighted by atomic mass is 32.2. The molecule has 10 heteroatoms. The van der Waals surface area contributed by atoms with E-state index in [0.29, 0.717) is 41.2 Å². The van der Waals surface area contributed by atoms with Gasteiger partial charge in [-0.15, -0.1) is 0 Å². The second-order valence-electron chi connectivity index (χ2n) is 6.23. The molecule has 1 saturated carbocycles. The standard InChI is InChI=1S/C16H14N6O3S/c1-9-18-13-4-3-11(26(23,24)22-16(8-17)5-6-16)7-12(13)14(19-9)15-20-10(2)25-21-15/h3-4,7,22H,5-6H2,1-2H3. The molecule has 1 fully saturated rings. The van der Waals surface area contributed by atoms with Crippen molar-refractivity contribution in [2.75, 3.05) is 0 Å². The first-order valence-electron chi connectivity index (χ1n) is 7.86. The lowest BCUT2D eigenvalue weighted by atomic mass is 10.1. The average molecular weight is 370 g/mol. The van der Waals surface area contributed by atoms with Crippen molar-refractivity contribution in [2.24, 2.45) is 0 Å². The normalized spacial score (nSPS) is 15.7. The maximum absolute atomic E-state index is 12.7. The minimum absolute atomic E-state index is 0.0282. The van der Waals surface area contributed by atoms with E-state index in [2.05, 4.69) is 24.8 Å². The third-order valence-corrected chi connectivity index (χ3v) is 5.66. The van der Waals surface area contributed by atoms with Crippen LogP contribution >= 0.6 is 0 Å². The van der Waals surface area contributed by atoms with Gasteiger partial charge in [0, 0.05) is 12.3 Å². The Kier molecular flexibility index (Phi) is 3.54. The van der Waals surface area contributed by atoms with Gasteiger partial charge in [0.2, 0.25) is 21.7 Å². The third-order valence-electron chi connectivity index (χ3n) is 4.12. The van der Waals surface area contributed by atoms with Crippen LogP contribution in [0.3, 0.4) is 0 Å². The van der Waals surface area contributed by atoms with E-state index >= 15 is 0 Å². The van der Waals surface area contributed by atoms with Gasteiger partial charge in [-0.05, 0) is 38.0 Å². The molecule has 0 aliphatic heterocycles. The molecule has 3 aromatic rings. The summed E-state index contributed by atoms with van der Waals surface area (Å²) in [4.78, 5) is 12.9. The van der Waals surface area contributed by atoms with Crippen LogP contribution in [-0.2, 0) is 10.0 Å². The molecule has 26 heavy (non-hydrogen) atoms. The Hall–Kier alpha value is -2.90. The predicted octanol–water partition coefficient (Wildman–Crippen LogP) is 1.63. The fourth-order valence-electron chi connectivity index (χ4n) is 2.63. The highest BCUT2D eigenvalue weighted by Gasteiger charge is 2.46. The molecule has 0 saturated heterocycles. The lowest BCUT2D eigenvalue weighted by Crippen LogP contribution is -2.35. The van der Waals surface area contributed by atoms with Crippen molar-refractivity contribution in [2.45, 2.75) is 37.1 Å². The molecule has 0 atom stereocenters. The summed E-state index contributed by atoms with van der Waals surface area (Å²) in [6, 6.07) is 6.53. The van der Waals surface area contributed by atoms with Crippen molar-refractivity contribution in [1.82, 2.24) is 24.8 Å². The Balaban J connectivity index is 1.87. The zero-order valence-corrected chi connectivity index (χ0v) is 14.8. The van der Waals surface area contributed by atoms with E-state index in [9.17, 15) is 8.42 Å². The molecule has 1 aliphatic carbocycles. The van der Waals surface area contributed by atoms with Gasteiger partial charge in [-0.2, -0.15) is 15.0 Å². The zero-order valence-electron chi connectivity index (χ0n) is 14.0. The molecule has 0 amide bonds. The van der Waals surface area contributed by atoms with E-state index in [-0.39, 0.29) is 10.7 Å². The summed E-state index contributed by atoms with van der Waals surface area (Å²) >= 11 is 0. The number of rotatable bonds is 4. The number of hydrogen-bond acceptors (Lipinski definition) is 8. The summed E-state index contributed by atoms with van der Waals surface area (Å²) in [6.45, 7) is 3.38. The number of aryl methyl sites for hydroxylation is 2. The first kappa shape index (κ1) is 16.6. The highest BCUT2D eigenvalue weighted by Crippen LogP contribution is 2.36. The van der Waals surface area contributed by atoms with Crippen LogP contribution in [0.25, 0.3) is 22.4 Å². The third kappa shape index (κ3) is 2.81. The van der Waals surface area contributed by atoms with Crippen molar-refractivity contribution in [3.05, 3.63) is 29.9 Å². The Morgan fingerprint density at radius 1 is 1.23 bits per heavy atom. The first-order chi connectivity index (χ1) is 12.3. The molecule has 1 aromatic carbocycles. The van der Waals surface area contributed by atoms with Crippen molar-refractivity contribution in [3.8, 4) is 17.6 Å². The van der Waals surface area contributed by atoms with Crippen LogP contribution in [-0.4, -0.2) is 34.1 Å². The molecular weight excluding hydrogens is 356 g/mol. The summed E-state index contributed by atoms with van der Waals surface area (Å²) in [5.41, 5.74) is -0.0383. The van der Waals surface area contributed by atoms with Crippen LogP contribution < -0.4 is 4.72 Å². The predicted molar refractivity (Wildman–Crippen MR) is 90.2 cm³/mol. The van der Waals surface area contributed by atoms with Crippen LogP contribution in [0.2, 0.25) is 0 Å². The second kappa shape index (κ2) is 5.55. The number of sulfonamides is 1. The van der Waals surface area contributed by atoms with Gasteiger partial charge in [-0.25, -0.2) is 18.4 Å². The van der Waals surface area contributed by atoms with E-state index in [4.69, 9.17) is 9.78 Å². The summed E-state index contributed by atoms with van der Waals surface area (Å²) in [5, 5.41) is 13.5.